The second-order valence-corrected chi connectivity index (χ2v) is 7.47. The molecule has 0 aliphatic carbocycles. The number of carbonyl (C=O) groups is 2. The van der Waals surface area contributed by atoms with Crippen molar-refractivity contribution in [3.8, 4) is 5.75 Å². The Kier molecular flexibility index (Phi) is 6.52. The van der Waals surface area contributed by atoms with Crippen LogP contribution < -0.4 is 4.74 Å². The Morgan fingerprint density at radius 1 is 1.13 bits per heavy atom. The Morgan fingerprint density at radius 3 is 2.40 bits per heavy atom. The number of nitrogens with zero attached hydrogens (tertiary/aromatic N) is 1. The second-order valence-electron chi connectivity index (χ2n) is 7.47. The van der Waals surface area contributed by atoms with Gasteiger partial charge in [-0.15, -0.1) is 0 Å². The quantitative estimate of drug-likeness (QED) is 0.413. The topological polar surface area (TPSA) is 87.1 Å². The highest BCUT2D eigenvalue weighted by molar-refractivity contribution is 6.46. The standard InChI is InChI=1S/C23H24FNO5/c1-14(2)13-30-16-9-7-15(8-10-16)21(27)19-20(17-5-3-4-6-18(17)24)25(11-12-26)23(29)22(19)28/h3-10,14,20,26-27H,11-13H2,1-2H3/t20-/m0/s1. The van der Waals surface area contributed by atoms with Gasteiger partial charge >= 0.3 is 0 Å². The van der Waals surface area contributed by atoms with Crippen molar-refractivity contribution in [2.75, 3.05) is 19.8 Å². The molecule has 0 radical (unpaired) electrons. The molecule has 1 saturated heterocycles. The molecule has 1 aliphatic rings. The summed E-state index contributed by atoms with van der Waals surface area (Å²) in [6, 6.07) is 11.1. The summed E-state index contributed by atoms with van der Waals surface area (Å²) in [5.74, 6) is -1.88. The van der Waals surface area contributed by atoms with Crippen molar-refractivity contribution in [1.29, 1.82) is 0 Å². The Labute approximate surface area is 174 Å². The highest BCUT2D eigenvalue weighted by atomic mass is 19.1. The lowest BCUT2D eigenvalue weighted by molar-refractivity contribution is -0.140. The molecular weight excluding hydrogens is 389 g/mol. The van der Waals surface area contributed by atoms with Gasteiger partial charge in [-0.3, -0.25) is 9.59 Å². The van der Waals surface area contributed by atoms with Crippen LogP contribution in [0.1, 0.15) is 31.0 Å². The van der Waals surface area contributed by atoms with Gasteiger partial charge in [0, 0.05) is 17.7 Å². The summed E-state index contributed by atoms with van der Waals surface area (Å²) in [7, 11) is 0. The summed E-state index contributed by atoms with van der Waals surface area (Å²) >= 11 is 0. The van der Waals surface area contributed by atoms with Gasteiger partial charge in [-0.25, -0.2) is 4.39 Å². The number of hydrogen-bond donors (Lipinski definition) is 2. The lowest BCUT2D eigenvalue weighted by atomic mass is 9.95. The van der Waals surface area contributed by atoms with Gasteiger partial charge < -0.3 is 19.8 Å². The maximum absolute atomic E-state index is 14.5. The number of benzene rings is 2. The minimum Gasteiger partial charge on any atom is -0.507 e. The molecule has 7 heteroatoms. The number of ketones is 1. The van der Waals surface area contributed by atoms with E-state index in [2.05, 4.69) is 0 Å². The first kappa shape index (κ1) is 21.5. The molecule has 1 aliphatic heterocycles. The van der Waals surface area contributed by atoms with E-state index in [9.17, 15) is 24.2 Å². The van der Waals surface area contributed by atoms with Crippen LogP contribution in [-0.4, -0.2) is 46.6 Å². The summed E-state index contributed by atoms with van der Waals surface area (Å²) in [6.07, 6.45) is 0. The third-order valence-electron chi connectivity index (χ3n) is 4.79. The number of aliphatic hydroxyl groups is 2. The molecule has 0 aromatic heterocycles. The van der Waals surface area contributed by atoms with E-state index in [1.807, 2.05) is 13.8 Å². The number of halogens is 1. The summed E-state index contributed by atoms with van der Waals surface area (Å²) < 4.78 is 20.1. The molecule has 158 valence electrons. The predicted octanol–water partition coefficient (Wildman–Crippen LogP) is 3.27. The molecular formula is C23H24FNO5. The third-order valence-corrected chi connectivity index (χ3v) is 4.79. The van der Waals surface area contributed by atoms with Gasteiger partial charge in [-0.2, -0.15) is 0 Å². The van der Waals surface area contributed by atoms with E-state index in [0.29, 0.717) is 23.8 Å². The molecule has 1 heterocycles. The Balaban J connectivity index is 2.05. The van der Waals surface area contributed by atoms with E-state index < -0.39 is 35.9 Å². The molecule has 1 fully saturated rings. The van der Waals surface area contributed by atoms with Crippen LogP contribution in [0.2, 0.25) is 0 Å². The van der Waals surface area contributed by atoms with E-state index in [-0.39, 0.29) is 17.7 Å². The normalized spacial score (nSPS) is 18.3. The summed E-state index contributed by atoms with van der Waals surface area (Å²) in [5, 5.41) is 20.2. The number of ether oxygens (including phenoxy) is 1. The number of Topliss-reactive ketones (excluding diaryl/α,β-unsaturated/α-hetero) is 1. The van der Waals surface area contributed by atoms with Gasteiger partial charge in [0.25, 0.3) is 11.7 Å². The maximum Gasteiger partial charge on any atom is 0.295 e. The van der Waals surface area contributed by atoms with Crippen LogP contribution >= 0.6 is 0 Å². The average molecular weight is 413 g/mol. The van der Waals surface area contributed by atoms with Gasteiger partial charge in [0.05, 0.1) is 24.8 Å². The van der Waals surface area contributed by atoms with Gasteiger partial charge in [0.2, 0.25) is 0 Å². The largest absolute Gasteiger partial charge is 0.507 e. The van der Waals surface area contributed by atoms with Crippen LogP contribution in [0.15, 0.2) is 54.1 Å². The Morgan fingerprint density at radius 2 is 1.80 bits per heavy atom. The first-order chi connectivity index (χ1) is 14.3. The fourth-order valence-corrected chi connectivity index (χ4v) is 3.37. The number of β-amino-alcohol motifs (C(OH)–C–C–N with tert-alkyl or cyclic N) is 1. The van der Waals surface area contributed by atoms with Crippen LogP contribution in [0.4, 0.5) is 4.39 Å². The molecule has 2 aromatic rings. The molecule has 2 aromatic carbocycles. The maximum atomic E-state index is 14.5. The third kappa shape index (κ3) is 4.21. The van der Waals surface area contributed by atoms with Gasteiger partial charge in [0.15, 0.2) is 0 Å². The number of amides is 1. The van der Waals surface area contributed by atoms with Crippen molar-refractivity contribution in [3.63, 3.8) is 0 Å². The minimum absolute atomic E-state index is 0.0728. The van der Waals surface area contributed by atoms with Crippen molar-refractivity contribution in [3.05, 3.63) is 71.0 Å². The van der Waals surface area contributed by atoms with Crippen molar-refractivity contribution in [2.24, 2.45) is 5.92 Å². The number of likely N-dealkylation sites (tertiary alicyclic amines) is 1. The smallest absolute Gasteiger partial charge is 0.295 e. The number of hydrogen-bond acceptors (Lipinski definition) is 5. The lowest BCUT2D eigenvalue weighted by Crippen LogP contribution is -2.32. The van der Waals surface area contributed by atoms with Crippen LogP contribution in [0.25, 0.3) is 5.76 Å². The van der Waals surface area contributed by atoms with Crippen LogP contribution in [0.3, 0.4) is 0 Å². The van der Waals surface area contributed by atoms with E-state index in [0.717, 1.165) is 4.90 Å². The molecule has 1 amide bonds. The van der Waals surface area contributed by atoms with Crippen molar-refractivity contribution in [1.82, 2.24) is 4.90 Å². The zero-order valence-corrected chi connectivity index (χ0v) is 16.8. The van der Waals surface area contributed by atoms with E-state index in [1.165, 1.54) is 18.2 Å². The average Bonchev–Trinajstić information content (AvgIpc) is 2.97. The zero-order valence-electron chi connectivity index (χ0n) is 16.8. The molecule has 0 spiro atoms. The van der Waals surface area contributed by atoms with Crippen LogP contribution in [-0.2, 0) is 9.59 Å². The Hall–Kier alpha value is -3.19. The van der Waals surface area contributed by atoms with Gasteiger partial charge in [-0.05, 0) is 36.2 Å². The molecule has 0 bridgehead atoms. The van der Waals surface area contributed by atoms with Crippen molar-refractivity contribution < 1.29 is 28.9 Å². The number of aliphatic hydroxyl groups excluding tert-OH is 2. The monoisotopic (exact) mass is 413 g/mol. The van der Waals surface area contributed by atoms with Gasteiger partial charge in [0.1, 0.15) is 17.3 Å². The molecule has 6 nitrogen and oxygen atoms in total. The molecule has 0 saturated carbocycles. The molecule has 1 atom stereocenters. The van der Waals surface area contributed by atoms with Gasteiger partial charge in [-0.1, -0.05) is 32.0 Å². The van der Waals surface area contributed by atoms with Crippen molar-refractivity contribution >= 4 is 17.4 Å². The minimum atomic E-state index is -1.13. The second kappa shape index (κ2) is 9.09. The predicted molar refractivity (Wildman–Crippen MR) is 109 cm³/mol. The SMILES string of the molecule is CC(C)COc1ccc(C(O)=C2C(=O)C(=O)N(CCO)[C@H]2c2ccccc2F)cc1. The summed E-state index contributed by atoms with van der Waals surface area (Å²) in [4.78, 5) is 26.3. The molecule has 0 unspecified atom stereocenters. The highest BCUT2D eigenvalue weighted by Crippen LogP contribution is 2.40. The first-order valence-electron chi connectivity index (χ1n) is 9.72. The molecule has 30 heavy (non-hydrogen) atoms. The van der Waals surface area contributed by atoms with Crippen molar-refractivity contribution in [2.45, 2.75) is 19.9 Å². The highest BCUT2D eigenvalue weighted by Gasteiger charge is 2.46. The van der Waals surface area contributed by atoms with Crippen LogP contribution in [0, 0.1) is 11.7 Å². The van der Waals surface area contributed by atoms with E-state index in [4.69, 9.17) is 4.74 Å². The zero-order chi connectivity index (χ0) is 21.8. The fraction of sp³-hybridized carbons (Fsp3) is 0.304. The number of rotatable bonds is 7. The van der Waals surface area contributed by atoms with Crippen LogP contribution in [0.5, 0.6) is 5.75 Å². The summed E-state index contributed by atoms with van der Waals surface area (Å²) in [5.41, 5.74) is 0.160. The van der Waals surface area contributed by atoms with E-state index >= 15 is 0 Å². The van der Waals surface area contributed by atoms with E-state index in [1.54, 1.807) is 30.3 Å². The summed E-state index contributed by atoms with van der Waals surface area (Å²) in [6.45, 7) is 4.01. The Bertz CT molecular complexity index is 968. The molecule has 2 N–H and O–H groups in total. The first-order valence-corrected chi connectivity index (χ1v) is 9.72. The lowest BCUT2D eigenvalue weighted by Gasteiger charge is -2.24. The molecule has 3 rings (SSSR count). The fourth-order valence-electron chi connectivity index (χ4n) is 3.37. The number of carbonyl (C=O) groups excluding carboxylic acids is 2.